The lowest BCUT2D eigenvalue weighted by Gasteiger charge is -2.31. The first-order chi connectivity index (χ1) is 18.5. The van der Waals surface area contributed by atoms with Crippen LogP contribution in [0.15, 0.2) is 24.4 Å². The molecule has 1 aliphatic heterocycles. The molecule has 3 aromatic rings. The van der Waals surface area contributed by atoms with Gasteiger partial charge in [-0.3, -0.25) is 14.3 Å². The predicted molar refractivity (Wildman–Crippen MR) is 144 cm³/mol. The Morgan fingerprint density at radius 3 is 2.69 bits per heavy atom. The van der Waals surface area contributed by atoms with Gasteiger partial charge in [0.05, 0.1) is 29.3 Å². The number of nitrogens with two attached hydrogens (primary N) is 1. The van der Waals surface area contributed by atoms with Gasteiger partial charge in [-0.1, -0.05) is 0 Å². The minimum absolute atomic E-state index is 0.0366. The molecule has 0 radical (unpaired) electrons. The van der Waals surface area contributed by atoms with Crippen LogP contribution in [0.5, 0.6) is 0 Å². The van der Waals surface area contributed by atoms with E-state index in [0.717, 1.165) is 19.1 Å². The van der Waals surface area contributed by atoms with Crippen molar-refractivity contribution in [2.75, 3.05) is 23.3 Å². The average Bonchev–Trinajstić information content (AvgIpc) is 3.56. The molecule has 6 rings (SSSR count). The van der Waals surface area contributed by atoms with Gasteiger partial charge < -0.3 is 21.1 Å². The number of aromatic nitrogens is 3. The van der Waals surface area contributed by atoms with Crippen LogP contribution < -0.4 is 15.8 Å². The van der Waals surface area contributed by atoms with Crippen molar-refractivity contribution in [3.63, 3.8) is 0 Å². The number of rotatable bonds is 8. The van der Waals surface area contributed by atoms with Gasteiger partial charge in [-0.05, 0) is 68.2 Å². The fourth-order valence-electron chi connectivity index (χ4n) is 5.59. The number of benzene rings is 1. The van der Waals surface area contributed by atoms with Crippen molar-refractivity contribution in [3.8, 4) is 11.3 Å². The third-order valence-corrected chi connectivity index (χ3v) is 8.51. The van der Waals surface area contributed by atoms with E-state index in [-0.39, 0.29) is 46.7 Å². The lowest BCUT2D eigenvalue weighted by Crippen LogP contribution is -2.38. The average molecular weight is 554 g/mol. The van der Waals surface area contributed by atoms with E-state index in [1.165, 1.54) is 4.52 Å². The maximum absolute atomic E-state index is 13.4. The van der Waals surface area contributed by atoms with Crippen molar-refractivity contribution < 1.29 is 23.1 Å². The molecule has 5 N–H and O–H groups in total. The maximum Gasteiger partial charge on any atom is 0.258 e. The Balaban J connectivity index is 1.37. The van der Waals surface area contributed by atoms with E-state index < -0.39 is 15.9 Å². The van der Waals surface area contributed by atoms with Crippen LogP contribution in [0.25, 0.3) is 16.9 Å². The summed E-state index contributed by atoms with van der Waals surface area (Å²) in [6.07, 6.45) is 5.83. The molecule has 2 amide bonds. The summed E-state index contributed by atoms with van der Waals surface area (Å²) in [4.78, 5) is 32.9. The van der Waals surface area contributed by atoms with Crippen LogP contribution in [0.1, 0.15) is 58.9 Å². The molecule has 206 valence electrons. The highest BCUT2D eigenvalue weighted by Crippen LogP contribution is 2.41. The molecule has 13 heteroatoms. The molecule has 0 unspecified atom stereocenters. The lowest BCUT2D eigenvalue weighted by molar-refractivity contribution is 0.0420. The summed E-state index contributed by atoms with van der Waals surface area (Å²) in [7, 11) is -3.67. The Bertz CT molecular complexity index is 1610. The van der Waals surface area contributed by atoms with Crippen molar-refractivity contribution in [1.82, 2.24) is 24.8 Å². The zero-order valence-corrected chi connectivity index (χ0v) is 22.5. The third-order valence-electron chi connectivity index (χ3n) is 7.92. The number of hydrogen-bond acceptors (Lipinski definition) is 8. The van der Waals surface area contributed by atoms with E-state index in [1.54, 1.807) is 23.2 Å². The van der Waals surface area contributed by atoms with E-state index in [0.29, 0.717) is 54.2 Å². The number of anilines is 2. The highest BCUT2D eigenvalue weighted by Gasteiger charge is 2.40. The number of hydrogen-bond donors (Lipinski definition) is 4. The molecular weight excluding hydrogens is 522 g/mol. The van der Waals surface area contributed by atoms with Gasteiger partial charge in [0.1, 0.15) is 5.56 Å². The smallest absolute Gasteiger partial charge is 0.258 e. The van der Waals surface area contributed by atoms with Gasteiger partial charge in [-0.15, -0.1) is 5.10 Å². The molecular formula is C26H31N7O5S. The molecule has 2 aromatic heterocycles. The first-order valence-corrected chi connectivity index (χ1v) is 14.9. The van der Waals surface area contributed by atoms with Crippen molar-refractivity contribution >= 4 is 39.0 Å². The molecule has 2 saturated carbocycles. The molecule has 12 nitrogen and oxygen atoms in total. The SMILES string of the molecule is C[C@@H](C1CC1)N1Cc2cc(-c3ccn4nc(N)c(C(=O)NC[C@H]5C[C@H](O)C5)c4n3)cc(NS(C)(=O)=O)c2C1=O. The number of carbonyl (C=O) groups is 2. The standard InChI is InChI=1S/C26H31N7O5S/c1-13(15-3-4-15)32-12-17-9-16(10-20(21(17)26(32)36)31-39(2,37)38)19-5-6-33-24(29-19)22(23(27)30-33)25(35)28-11-14-7-18(34)8-14/h5-6,9-10,13-15,18,31,34H,3-4,7-8,11-12H2,1-2H3,(H2,27,30)(H,28,35)/t13-,14-,18-/m0/s1. The number of aliphatic hydroxyl groups excluding tert-OH is 1. The largest absolute Gasteiger partial charge is 0.393 e. The number of carbonyl (C=O) groups excluding carboxylic acids is 2. The summed E-state index contributed by atoms with van der Waals surface area (Å²) < 4.78 is 28.3. The molecule has 3 heterocycles. The molecule has 2 aliphatic carbocycles. The van der Waals surface area contributed by atoms with Crippen molar-refractivity contribution in [2.24, 2.45) is 11.8 Å². The van der Waals surface area contributed by atoms with Gasteiger partial charge in [-0.2, -0.15) is 0 Å². The van der Waals surface area contributed by atoms with Crippen molar-refractivity contribution in [1.29, 1.82) is 0 Å². The number of nitrogen functional groups attached to an aromatic ring is 1. The lowest BCUT2D eigenvalue weighted by atomic mass is 9.82. The highest BCUT2D eigenvalue weighted by atomic mass is 32.2. The first-order valence-electron chi connectivity index (χ1n) is 13.1. The minimum atomic E-state index is -3.67. The number of fused-ring (bicyclic) bond motifs is 2. The molecule has 1 aromatic carbocycles. The molecule has 0 spiro atoms. The highest BCUT2D eigenvalue weighted by molar-refractivity contribution is 7.92. The fraction of sp³-hybridized carbons (Fsp3) is 0.462. The second-order valence-electron chi connectivity index (χ2n) is 11.0. The molecule has 0 saturated heterocycles. The number of nitrogens with one attached hydrogen (secondary N) is 2. The topological polar surface area (TPSA) is 172 Å². The number of nitrogens with zero attached hydrogens (tertiary/aromatic N) is 4. The monoisotopic (exact) mass is 553 g/mol. The van der Waals surface area contributed by atoms with Crippen LogP contribution in [0.4, 0.5) is 11.5 Å². The van der Waals surface area contributed by atoms with Gasteiger partial charge in [0, 0.05) is 30.9 Å². The van der Waals surface area contributed by atoms with Gasteiger partial charge in [0.2, 0.25) is 10.0 Å². The zero-order valence-electron chi connectivity index (χ0n) is 21.7. The molecule has 0 bridgehead atoms. The fourth-order valence-corrected chi connectivity index (χ4v) is 6.15. The molecule has 2 fully saturated rings. The number of sulfonamides is 1. The zero-order chi connectivity index (χ0) is 27.6. The summed E-state index contributed by atoms with van der Waals surface area (Å²) in [5.74, 6) is 0.121. The minimum Gasteiger partial charge on any atom is -0.393 e. The molecule has 1 atom stereocenters. The predicted octanol–water partition coefficient (Wildman–Crippen LogP) is 1.60. The van der Waals surface area contributed by atoms with Crippen LogP contribution >= 0.6 is 0 Å². The normalized spacial score (nSPS) is 21.5. The summed E-state index contributed by atoms with van der Waals surface area (Å²) in [5, 5.41) is 16.6. The van der Waals surface area contributed by atoms with Crippen LogP contribution in [0.3, 0.4) is 0 Å². The number of aliphatic hydroxyl groups is 1. The Hall–Kier alpha value is -3.71. The molecule has 39 heavy (non-hydrogen) atoms. The number of amides is 2. The van der Waals surface area contributed by atoms with Crippen LogP contribution in [0.2, 0.25) is 0 Å². The van der Waals surface area contributed by atoms with E-state index in [1.807, 2.05) is 13.0 Å². The molecule has 3 aliphatic rings. The van der Waals surface area contributed by atoms with E-state index in [2.05, 4.69) is 20.1 Å². The second-order valence-corrected chi connectivity index (χ2v) is 12.7. The summed E-state index contributed by atoms with van der Waals surface area (Å²) in [6, 6.07) is 5.21. The Labute approximate surface area is 225 Å². The Morgan fingerprint density at radius 2 is 2.03 bits per heavy atom. The maximum atomic E-state index is 13.4. The summed E-state index contributed by atoms with van der Waals surface area (Å²) >= 11 is 0. The third kappa shape index (κ3) is 4.80. The quantitative estimate of drug-likeness (QED) is 0.326. The van der Waals surface area contributed by atoms with Gasteiger partial charge >= 0.3 is 0 Å². The van der Waals surface area contributed by atoms with Crippen molar-refractivity contribution in [3.05, 3.63) is 41.1 Å². The Morgan fingerprint density at radius 1 is 1.28 bits per heavy atom. The summed E-state index contributed by atoms with van der Waals surface area (Å²) in [5.41, 5.74) is 8.82. The van der Waals surface area contributed by atoms with E-state index in [4.69, 9.17) is 5.73 Å². The van der Waals surface area contributed by atoms with Crippen LogP contribution in [0, 0.1) is 11.8 Å². The van der Waals surface area contributed by atoms with E-state index in [9.17, 15) is 23.1 Å². The van der Waals surface area contributed by atoms with Crippen molar-refractivity contribution in [2.45, 2.75) is 51.3 Å². The van der Waals surface area contributed by atoms with Gasteiger partial charge in [0.25, 0.3) is 11.8 Å². The van der Waals surface area contributed by atoms with Gasteiger partial charge in [-0.25, -0.2) is 17.9 Å². The van der Waals surface area contributed by atoms with Crippen LogP contribution in [-0.2, 0) is 16.6 Å². The Kier molecular flexibility index (Phi) is 6.03. The first kappa shape index (κ1) is 25.6. The van der Waals surface area contributed by atoms with E-state index >= 15 is 0 Å². The summed E-state index contributed by atoms with van der Waals surface area (Å²) in [6.45, 7) is 2.83. The second kappa shape index (κ2) is 9.19. The van der Waals surface area contributed by atoms with Gasteiger partial charge in [0.15, 0.2) is 11.5 Å². The van der Waals surface area contributed by atoms with Crippen LogP contribution in [-0.4, -0.2) is 69.8 Å².